The summed E-state index contributed by atoms with van der Waals surface area (Å²) >= 11 is 0. The molecule has 0 aromatic carbocycles. The molecule has 2 N–H and O–H groups in total. The van der Waals surface area contributed by atoms with Crippen LogP contribution in [0.5, 0.6) is 0 Å². The molecule has 7 heteroatoms. The Bertz CT molecular complexity index is 416. The van der Waals surface area contributed by atoms with Crippen molar-refractivity contribution < 1.29 is 23.3 Å². The molecular formula is C12H21BF2O3Si. The normalized spacial score (nSPS) is 24.7. The van der Waals surface area contributed by atoms with Crippen molar-refractivity contribution >= 4 is 15.4 Å². The number of hydrogen-bond donors (Lipinski definition) is 2. The van der Waals surface area contributed by atoms with E-state index < -0.39 is 26.8 Å². The molecule has 1 aliphatic rings. The molecule has 0 bridgehead atoms. The van der Waals surface area contributed by atoms with E-state index in [0.717, 1.165) is 0 Å². The van der Waals surface area contributed by atoms with E-state index in [9.17, 15) is 8.78 Å². The minimum atomic E-state index is -2.48. The Kier molecular flexibility index (Phi) is 4.34. The number of halogens is 2. The number of alkyl halides is 1. The fourth-order valence-electron chi connectivity index (χ4n) is 1.39. The van der Waals surface area contributed by atoms with Crippen LogP contribution in [0.1, 0.15) is 27.2 Å². The van der Waals surface area contributed by atoms with Crippen LogP contribution in [0.3, 0.4) is 0 Å². The average Bonchev–Trinajstić information content (AvgIpc) is 2.20. The number of hydrogen-bond acceptors (Lipinski definition) is 3. The molecule has 0 fully saturated rings. The van der Waals surface area contributed by atoms with Crippen LogP contribution in [-0.4, -0.2) is 31.1 Å². The Morgan fingerprint density at radius 1 is 1.37 bits per heavy atom. The SMILES string of the molecule is CC(C)(C)[Si](C)(C)OC1=CCC(F)(B(O)O)C=C1F. The Balaban J connectivity index is 2.91. The molecule has 19 heavy (non-hydrogen) atoms. The molecule has 0 aromatic heterocycles. The summed E-state index contributed by atoms with van der Waals surface area (Å²) in [4.78, 5) is 0. The number of allylic oxidation sites excluding steroid dienone is 3. The Hall–Kier alpha value is -0.658. The molecule has 1 aliphatic carbocycles. The highest BCUT2D eigenvalue weighted by Crippen LogP contribution is 2.41. The molecule has 0 aliphatic heterocycles. The highest BCUT2D eigenvalue weighted by molar-refractivity contribution is 6.74. The van der Waals surface area contributed by atoms with E-state index in [0.29, 0.717) is 6.08 Å². The van der Waals surface area contributed by atoms with Crippen molar-refractivity contribution in [1.82, 2.24) is 0 Å². The first-order chi connectivity index (χ1) is 8.39. The van der Waals surface area contributed by atoms with Crippen molar-refractivity contribution in [3.05, 3.63) is 23.7 Å². The largest absolute Gasteiger partial charge is 0.542 e. The first kappa shape index (κ1) is 16.4. The van der Waals surface area contributed by atoms with Gasteiger partial charge < -0.3 is 14.5 Å². The fraction of sp³-hybridized carbons (Fsp3) is 0.667. The van der Waals surface area contributed by atoms with Gasteiger partial charge in [-0.25, -0.2) is 8.78 Å². The van der Waals surface area contributed by atoms with Gasteiger partial charge in [0, 0.05) is 6.42 Å². The van der Waals surface area contributed by atoms with Crippen LogP contribution >= 0.6 is 0 Å². The molecule has 3 nitrogen and oxygen atoms in total. The van der Waals surface area contributed by atoms with Gasteiger partial charge >= 0.3 is 7.12 Å². The summed E-state index contributed by atoms with van der Waals surface area (Å²) < 4.78 is 33.5. The second-order valence-corrected chi connectivity index (χ2v) is 11.2. The van der Waals surface area contributed by atoms with E-state index in [1.165, 1.54) is 6.08 Å². The van der Waals surface area contributed by atoms with Crippen molar-refractivity contribution in [3.8, 4) is 0 Å². The van der Waals surface area contributed by atoms with Gasteiger partial charge in [-0.1, -0.05) is 20.8 Å². The van der Waals surface area contributed by atoms with Crippen LogP contribution in [0.4, 0.5) is 8.78 Å². The van der Waals surface area contributed by atoms with Crippen molar-refractivity contribution in [1.29, 1.82) is 0 Å². The second-order valence-electron chi connectivity index (χ2n) is 6.43. The van der Waals surface area contributed by atoms with Gasteiger partial charge in [-0.15, -0.1) is 0 Å². The molecule has 0 spiro atoms. The molecule has 0 aromatic rings. The highest BCUT2D eigenvalue weighted by atomic mass is 28.4. The van der Waals surface area contributed by atoms with Crippen LogP contribution in [0.2, 0.25) is 18.1 Å². The quantitative estimate of drug-likeness (QED) is 0.786. The van der Waals surface area contributed by atoms with E-state index in [1.54, 1.807) is 0 Å². The Labute approximate surface area is 114 Å². The first-order valence-corrected chi connectivity index (χ1v) is 9.13. The molecular weight excluding hydrogens is 269 g/mol. The van der Waals surface area contributed by atoms with E-state index in [1.807, 2.05) is 33.9 Å². The summed E-state index contributed by atoms with van der Waals surface area (Å²) in [5.41, 5.74) is -2.48. The molecule has 0 heterocycles. The van der Waals surface area contributed by atoms with E-state index in [-0.39, 0.29) is 17.2 Å². The van der Waals surface area contributed by atoms with Crippen LogP contribution in [0.15, 0.2) is 23.7 Å². The lowest BCUT2D eigenvalue weighted by molar-refractivity contribution is 0.233. The lowest BCUT2D eigenvalue weighted by atomic mass is 9.66. The zero-order chi connectivity index (χ0) is 15.1. The topological polar surface area (TPSA) is 49.7 Å². The summed E-state index contributed by atoms with van der Waals surface area (Å²) in [5.74, 6) is -0.882. The first-order valence-electron chi connectivity index (χ1n) is 6.22. The van der Waals surface area contributed by atoms with Gasteiger partial charge in [0.2, 0.25) is 0 Å². The summed E-state index contributed by atoms with van der Waals surface area (Å²) in [6.45, 7) is 9.96. The van der Waals surface area contributed by atoms with Gasteiger partial charge in [-0.05, 0) is 30.3 Å². The van der Waals surface area contributed by atoms with Crippen LogP contribution < -0.4 is 0 Å². The van der Waals surface area contributed by atoms with E-state index in [2.05, 4.69) is 0 Å². The van der Waals surface area contributed by atoms with E-state index >= 15 is 0 Å². The molecule has 0 saturated carbocycles. The third kappa shape index (κ3) is 3.46. The predicted octanol–water partition coefficient (Wildman–Crippen LogP) is 2.87. The Morgan fingerprint density at radius 2 is 1.89 bits per heavy atom. The van der Waals surface area contributed by atoms with Gasteiger partial charge in [0.25, 0.3) is 8.32 Å². The van der Waals surface area contributed by atoms with Gasteiger partial charge in [0.15, 0.2) is 11.4 Å². The zero-order valence-corrected chi connectivity index (χ0v) is 13.0. The summed E-state index contributed by atoms with van der Waals surface area (Å²) in [6, 6.07) is 0. The van der Waals surface area contributed by atoms with Crippen molar-refractivity contribution in [2.24, 2.45) is 0 Å². The van der Waals surface area contributed by atoms with Crippen molar-refractivity contribution in [2.45, 2.75) is 50.9 Å². The molecule has 108 valence electrons. The molecule has 1 rings (SSSR count). The second kappa shape index (κ2) is 5.03. The molecule has 1 atom stereocenters. The maximum Gasteiger partial charge on any atom is 0.496 e. The third-order valence-electron chi connectivity index (χ3n) is 3.80. The van der Waals surface area contributed by atoms with Crippen molar-refractivity contribution in [2.75, 3.05) is 0 Å². The van der Waals surface area contributed by atoms with Crippen LogP contribution in [-0.2, 0) is 4.43 Å². The standard InChI is InChI=1S/C12H21BF2O3Si/c1-11(2,3)19(4,5)18-10-6-7-12(15,13(16)17)8-9(10)14/h6,8,16-17H,7H2,1-5H3. The van der Waals surface area contributed by atoms with Gasteiger partial charge in [-0.3, -0.25) is 0 Å². The van der Waals surface area contributed by atoms with Gasteiger partial charge in [0.05, 0.1) is 0 Å². The fourth-order valence-corrected chi connectivity index (χ4v) is 2.42. The van der Waals surface area contributed by atoms with E-state index in [4.69, 9.17) is 14.5 Å². The van der Waals surface area contributed by atoms with Crippen molar-refractivity contribution in [3.63, 3.8) is 0 Å². The molecule has 0 amide bonds. The smallest absolute Gasteiger partial charge is 0.496 e. The maximum atomic E-state index is 13.9. The van der Waals surface area contributed by atoms with Crippen LogP contribution in [0.25, 0.3) is 0 Å². The lowest BCUT2D eigenvalue weighted by Gasteiger charge is -2.38. The number of rotatable bonds is 3. The molecule has 0 radical (unpaired) electrons. The zero-order valence-electron chi connectivity index (χ0n) is 12.0. The highest BCUT2D eigenvalue weighted by Gasteiger charge is 2.45. The predicted molar refractivity (Wildman–Crippen MR) is 74.2 cm³/mol. The van der Waals surface area contributed by atoms with Crippen LogP contribution in [0, 0.1) is 0 Å². The molecule has 0 saturated heterocycles. The average molecular weight is 290 g/mol. The third-order valence-corrected chi connectivity index (χ3v) is 8.15. The summed E-state index contributed by atoms with van der Waals surface area (Å²) in [7, 11) is -4.45. The lowest BCUT2D eigenvalue weighted by Crippen LogP contribution is -2.43. The monoisotopic (exact) mass is 290 g/mol. The minimum Gasteiger partial charge on any atom is -0.542 e. The maximum absolute atomic E-state index is 13.9. The minimum absolute atomic E-state index is 0.000478. The molecule has 1 unspecified atom stereocenters. The van der Waals surface area contributed by atoms with Gasteiger partial charge in [-0.2, -0.15) is 0 Å². The summed E-state index contributed by atoms with van der Waals surface area (Å²) in [6.07, 6.45) is 1.51. The summed E-state index contributed by atoms with van der Waals surface area (Å²) in [5, 5.41) is 17.7. The van der Waals surface area contributed by atoms with Gasteiger partial charge in [0.1, 0.15) is 5.76 Å². The Morgan fingerprint density at radius 3 is 2.26 bits per heavy atom.